The number of methoxy groups -OCH3 is 1. The maximum atomic E-state index is 12.3. The Kier molecular flexibility index (Phi) is 6.44. The maximum absolute atomic E-state index is 12.3. The molecule has 21 heavy (non-hydrogen) atoms. The van der Waals surface area contributed by atoms with Gasteiger partial charge in [-0.1, -0.05) is 24.8 Å². The van der Waals surface area contributed by atoms with Gasteiger partial charge in [-0.15, -0.1) is 0 Å². The van der Waals surface area contributed by atoms with Crippen molar-refractivity contribution in [2.24, 2.45) is 11.7 Å². The van der Waals surface area contributed by atoms with Crippen LogP contribution in [0, 0.1) is 17.8 Å². The maximum Gasteiger partial charge on any atom is 0.310 e. The van der Waals surface area contributed by atoms with E-state index in [0.29, 0.717) is 12.1 Å². The lowest BCUT2D eigenvalue weighted by Crippen LogP contribution is -2.34. The molecule has 0 radical (unpaired) electrons. The first-order valence-corrected chi connectivity index (χ1v) is 6.62. The molecule has 0 aliphatic carbocycles. The Morgan fingerprint density at radius 1 is 1.43 bits per heavy atom. The number of esters is 1. The van der Waals surface area contributed by atoms with Gasteiger partial charge in [0.05, 0.1) is 19.6 Å². The van der Waals surface area contributed by atoms with Gasteiger partial charge in [-0.2, -0.15) is 0 Å². The van der Waals surface area contributed by atoms with E-state index >= 15 is 0 Å². The van der Waals surface area contributed by atoms with Gasteiger partial charge in [0.25, 0.3) is 5.91 Å². The summed E-state index contributed by atoms with van der Waals surface area (Å²) in [5.74, 6) is 4.76. The lowest BCUT2D eigenvalue weighted by atomic mass is 10.1. The molecular weight excluding hydrogens is 268 g/mol. The Balaban J connectivity index is 2.80. The summed E-state index contributed by atoms with van der Waals surface area (Å²) in [6, 6.07) is 7.02. The Bertz CT molecular complexity index is 572. The molecule has 0 aliphatic heterocycles. The normalized spacial score (nSPS) is 11.0. The zero-order valence-corrected chi connectivity index (χ0v) is 12.6. The highest BCUT2D eigenvalue weighted by atomic mass is 16.5. The predicted octanol–water partition coefficient (Wildman–Crippen LogP) is 0.878. The first-order chi connectivity index (χ1) is 9.99. The minimum atomic E-state index is -0.371. The summed E-state index contributed by atoms with van der Waals surface area (Å²) in [4.78, 5) is 25.2. The number of ether oxygens (including phenoxy) is 1. The van der Waals surface area contributed by atoms with E-state index in [0.717, 1.165) is 5.56 Å². The van der Waals surface area contributed by atoms with Crippen LogP contribution in [0.25, 0.3) is 0 Å². The molecule has 1 aromatic rings. The van der Waals surface area contributed by atoms with E-state index in [9.17, 15) is 9.59 Å². The quantitative estimate of drug-likeness (QED) is 0.659. The largest absolute Gasteiger partial charge is 0.469 e. The topological polar surface area (TPSA) is 72.6 Å². The van der Waals surface area contributed by atoms with Gasteiger partial charge in [-0.05, 0) is 18.2 Å². The number of amides is 1. The second-order valence-corrected chi connectivity index (χ2v) is 4.70. The molecule has 0 saturated heterocycles. The molecule has 2 N–H and O–H groups in total. The third kappa shape index (κ3) is 4.93. The van der Waals surface area contributed by atoms with Crippen LogP contribution in [-0.2, 0) is 9.53 Å². The van der Waals surface area contributed by atoms with Gasteiger partial charge in [0.15, 0.2) is 0 Å². The average Bonchev–Trinajstić information content (AvgIpc) is 2.51. The minimum Gasteiger partial charge on any atom is -0.469 e. The van der Waals surface area contributed by atoms with Crippen LogP contribution in [0.3, 0.4) is 0 Å². The van der Waals surface area contributed by atoms with Crippen LogP contribution in [0.1, 0.15) is 22.8 Å². The first-order valence-electron chi connectivity index (χ1n) is 6.62. The second kappa shape index (κ2) is 8.08. The van der Waals surface area contributed by atoms with Crippen molar-refractivity contribution in [3.05, 3.63) is 35.4 Å². The summed E-state index contributed by atoms with van der Waals surface area (Å²) in [6.07, 6.45) is 0. The van der Waals surface area contributed by atoms with E-state index in [4.69, 9.17) is 5.73 Å². The van der Waals surface area contributed by atoms with Crippen molar-refractivity contribution in [1.82, 2.24) is 4.90 Å². The Morgan fingerprint density at radius 3 is 2.76 bits per heavy atom. The lowest BCUT2D eigenvalue weighted by Gasteiger charge is -2.20. The molecule has 112 valence electrons. The second-order valence-electron chi connectivity index (χ2n) is 4.70. The summed E-state index contributed by atoms with van der Waals surface area (Å²) in [6.45, 7) is 2.29. The van der Waals surface area contributed by atoms with Crippen LogP contribution in [0.4, 0.5) is 0 Å². The van der Waals surface area contributed by atoms with Crippen LogP contribution < -0.4 is 5.73 Å². The van der Waals surface area contributed by atoms with E-state index in [-0.39, 0.29) is 24.3 Å². The van der Waals surface area contributed by atoms with Crippen molar-refractivity contribution in [3.63, 3.8) is 0 Å². The Labute approximate surface area is 125 Å². The minimum absolute atomic E-state index is 0.165. The molecule has 0 bridgehead atoms. The average molecular weight is 288 g/mol. The summed E-state index contributed by atoms with van der Waals surface area (Å²) in [7, 11) is 2.99. The molecule has 1 atom stereocenters. The van der Waals surface area contributed by atoms with Crippen LogP contribution in [0.5, 0.6) is 0 Å². The van der Waals surface area contributed by atoms with E-state index in [1.165, 1.54) is 12.0 Å². The molecule has 0 aliphatic rings. The van der Waals surface area contributed by atoms with Crippen LogP contribution in [-0.4, -0.2) is 44.0 Å². The smallest absolute Gasteiger partial charge is 0.310 e. The van der Waals surface area contributed by atoms with E-state index in [2.05, 4.69) is 16.6 Å². The number of nitrogens with zero attached hydrogens (tertiary/aromatic N) is 1. The molecular formula is C16H20N2O3. The lowest BCUT2D eigenvalue weighted by molar-refractivity contribution is -0.145. The summed E-state index contributed by atoms with van der Waals surface area (Å²) < 4.78 is 4.65. The van der Waals surface area contributed by atoms with Gasteiger partial charge in [0.2, 0.25) is 0 Å². The van der Waals surface area contributed by atoms with Crippen molar-refractivity contribution >= 4 is 11.9 Å². The Morgan fingerprint density at radius 2 is 2.14 bits per heavy atom. The van der Waals surface area contributed by atoms with Crippen molar-refractivity contribution in [1.29, 1.82) is 0 Å². The van der Waals surface area contributed by atoms with Gasteiger partial charge >= 0.3 is 5.97 Å². The summed E-state index contributed by atoms with van der Waals surface area (Å²) in [5, 5.41) is 0. The third-order valence-electron chi connectivity index (χ3n) is 2.94. The monoisotopic (exact) mass is 288 g/mol. The predicted molar refractivity (Wildman–Crippen MR) is 80.5 cm³/mol. The molecule has 0 heterocycles. The molecule has 5 nitrogen and oxygen atoms in total. The molecule has 0 fully saturated rings. The van der Waals surface area contributed by atoms with Gasteiger partial charge < -0.3 is 15.4 Å². The van der Waals surface area contributed by atoms with Gasteiger partial charge in [0.1, 0.15) is 0 Å². The van der Waals surface area contributed by atoms with Gasteiger partial charge in [-0.3, -0.25) is 9.59 Å². The van der Waals surface area contributed by atoms with E-state index in [1.807, 2.05) is 6.07 Å². The zero-order chi connectivity index (χ0) is 15.8. The number of rotatable bonds is 4. The van der Waals surface area contributed by atoms with Crippen molar-refractivity contribution in [3.8, 4) is 11.8 Å². The fraction of sp³-hybridized carbons (Fsp3) is 0.375. The third-order valence-corrected chi connectivity index (χ3v) is 2.94. The summed E-state index contributed by atoms with van der Waals surface area (Å²) >= 11 is 0. The number of benzene rings is 1. The van der Waals surface area contributed by atoms with Crippen molar-refractivity contribution in [2.45, 2.75) is 6.92 Å². The van der Waals surface area contributed by atoms with Crippen molar-refractivity contribution in [2.75, 3.05) is 27.2 Å². The molecule has 5 heteroatoms. The van der Waals surface area contributed by atoms with E-state index in [1.54, 1.807) is 32.2 Å². The molecule has 1 amide bonds. The molecule has 0 saturated carbocycles. The molecule has 1 rings (SSSR count). The fourth-order valence-electron chi connectivity index (χ4n) is 1.87. The fourth-order valence-corrected chi connectivity index (χ4v) is 1.87. The highest BCUT2D eigenvalue weighted by molar-refractivity contribution is 5.94. The Hall–Kier alpha value is -2.32. The SMILES string of the molecule is COC(=O)C(C)CN(C)C(=O)c1cccc(C#CCN)c1. The van der Waals surface area contributed by atoms with Crippen LogP contribution in [0.2, 0.25) is 0 Å². The molecule has 1 unspecified atom stereocenters. The number of hydrogen-bond acceptors (Lipinski definition) is 4. The highest BCUT2D eigenvalue weighted by Gasteiger charge is 2.19. The van der Waals surface area contributed by atoms with E-state index < -0.39 is 0 Å². The molecule has 0 spiro atoms. The number of hydrogen-bond donors (Lipinski definition) is 1. The first kappa shape index (κ1) is 16.7. The number of carbonyl (C=O) groups excluding carboxylic acids is 2. The standard InChI is InChI=1S/C16H20N2O3/c1-12(16(20)21-3)11-18(2)15(19)14-8-4-6-13(10-14)7-5-9-17/h4,6,8,10,12H,9,11,17H2,1-3H3. The highest BCUT2D eigenvalue weighted by Crippen LogP contribution is 2.09. The van der Waals surface area contributed by atoms with Gasteiger partial charge in [-0.25, -0.2) is 0 Å². The van der Waals surface area contributed by atoms with Crippen LogP contribution >= 0.6 is 0 Å². The van der Waals surface area contributed by atoms with Crippen molar-refractivity contribution < 1.29 is 14.3 Å². The number of carbonyl (C=O) groups is 2. The summed E-state index contributed by atoms with van der Waals surface area (Å²) in [5.41, 5.74) is 6.59. The van der Waals surface area contributed by atoms with Crippen LogP contribution in [0.15, 0.2) is 24.3 Å². The zero-order valence-electron chi connectivity index (χ0n) is 12.6. The van der Waals surface area contributed by atoms with Gasteiger partial charge in [0, 0.05) is 24.7 Å². The molecule has 1 aromatic carbocycles. The molecule has 0 aromatic heterocycles. The number of nitrogens with two attached hydrogens (primary N) is 1.